The number of carbonyl (C=O) groups excluding carboxylic acids is 3. The summed E-state index contributed by atoms with van der Waals surface area (Å²) in [4.78, 5) is 50.7. The van der Waals surface area contributed by atoms with Crippen molar-refractivity contribution in [2.24, 2.45) is 11.8 Å². The van der Waals surface area contributed by atoms with Crippen molar-refractivity contribution in [2.75, 3.05) is 49.1 Å². The summed E-state index contributed by atoms with van der Waals surface area (Å²) in [5.74, 6) is -1.59. The van der Waals surface area contributed by atoms with Gasteiger partial charge in [0, 0.05) is 48.8 Å². The van der Waals surface area contributed by atoms with Crippen LogP contribution < -0.4 is 9.80 Å². The van der Waals surface area contributed by atoms with Gasteiger partial charge in [0.25, 0.3) is 5.91 Å². The number of benzene rings is 1. The van der Waals surface area contributed by atoms with Crippen LogP contribution in [-0.2, 0) is 14.4 Å². The Labute approximate surface area is 255 Å². The second-order valence-corrected chi connectivity index (χ2v) is 13.9. The molecule has 230 valence electrons. The molecule has 0 aliphatic carbocycles. The summed E-state index contributed by atoms with van der Waals surface area (Å²) >= 11 is 1.66. The van der Waals surface area contributed by atoms with Crippen LogP contribution in [0.5, 0.6) is 0 Å². The van der Waals surface area contributed by atoms with Crippen molar-refractivity contribution >= 4 is 40.9 Å². The van der Waals surface area contributed by atoms with Gasteiger partial charge in [0.15, 0.2) is 0 Å². The molecule has 1 spiro atoms. The minimum Gasteiger partial charge on any atom is -0.394 e. The van der Waals surface area contributed by atoms with Gasteiger partial charge in [-0.15, -0.1) is 24.9 Å². The number of aliphatic hydroxyl groups excluding tert-OH is 1. The summed E-state index contributed by atoms with van der Waals surface area (Å²) in [7, 11) is 0. The molecule has 3 amide bonds. The van der Waals surface area contributed by atoms with E-state index in [0.717, 1.165) is 37.3 Å². The lowest BCUT2D eigenvalue weighted by Crippen LogP contribution is -2.57. The molecule has 3 fully saturated rings. The Morgan fingerprint density at radius 1 is 1.07 bits per heavy atom. The first-order chi connectivity index (χ1) is 20.1. The topological polar surface area (TPSA) is 84.4 Å². The van der Waals surface area contributed by atoms with Gasteiger partial charge in [-0.05, 0) is 71.2 Å². The highest BCUT2D eigenvalue weighted by molar-refractivity contribution is 8.02. The maximum atomic E-state index is 14.8. The van der Waals surface area contributed by atoms with E-state index in [2.05, 4.69) is 38.8 Å². The molecule has 1 aromatic rings. The monoisotopic (exact) mass is 596 g/mol. The van der Waals surface area contributed by atoms with E-state index in [1.54, 1.807) is 40.6 Å². The van der Waals surface area contributed by atoms with Gasteiger partial charge in [-0.3, -0.25) is 14.4 Å². The van der Waals surface area contributed by atoms with Gasteiger partial charge in [0.2, 0.25) is 11.8 Å². The van der Waals surface area contributed by atoms with Crippen molar-refractivity contribution in [1.82, 2.24) is 9.80 Å². The molecule has 42 heavy (non-hydrogen) atoms. The highest BCUT2D eigenvalue weighted by Gasteiger charge is 2.77. The van der Waals surface area contributed by atoms with Crippen LogP contribution >= 0.6 is 11.8 Å². The Bertz CT molecular complexity index is 1190. The largest absolute Gasteiger partial charge is 0.394 e. The molecule has 3 aliphatic heterocycles. The van der Waals surface area contributed by atoms with Gasteiger partial charge in [-0.2, -0.15) is 0 Å². The number of likely N-dealkylation sites (tertiary alicyclic amines) is 1. The highest BCUT2D eigenvalue weighted by Crippen LogP contribution is 2.72. The van der Waals surface area contributed by atoms with Crippen LogP contribution in [-0.4, -0.2) is 93.5 Å². The van der Waals surface area contributed by atoms with Gasteiger partial charge in [0.05, 0.1) is 29.2 Å². The number of thioether (sulfide) groups is 1. The summed E-state index contributed by atoms with van der Waals surface area (Å²) in [6, 6.07) is 6.58. The highest BCUT2D eigenvalue weighted by atomic mass is 32.2. The molecule has 0 aromatic heterocycles. The fraction of sp³-hybridized carbons (Fsp3) is 0.606. The summed E-state index contributed by atoms with van der Waals surface area (Å²) < 4.78 is -1.20. The van der Waals surface area contributed by atoms with Crippen LogP contribution in [0, 0.1) is 11.8 Å². The first-order valence-corrected chi connectivity index (χ1v) is 16.2. The quantitative estimate of drug-likeness (QED) is 0.322. The molecule has 1 aromatic carbocycles. The third kappa shape index (κ3) is 5.17. The maximum absolute atomic E-state index is 14.8. The predicted octanol–water partition coefficient (Wildman–Crippen LogP) is 4.34. The van der Waals surface area contributed by atoms with Crippen LogP contribution in [0.3, 0.4) is 0 Å². The molecule has 4 rings (SSSR count). The molecule has 9 heteroatoms. The van der Waals surface area contributed by atoms with Gasteiger partial charge in [-0.25, -0.2) is 0 Å². The molecule has 6 atom stereocenters. The van der Waals surface area contributed by atoms with Crippen molar-refractivity contribution in [3.63, 3.8) is 0 Å². The average Bonchev–Trinajstić information content (AvgIpc) is 3.56. The number of hydrogen-bond acceptors (Lipinski definition) is 6. The Morgan fingerprint density at radius 2 is 1.69 bits per heavy atom. The second kappa shape index (κ2) is 12.8. The Hall–Kier alpha value is -2.78. The molecule has 2 unspecified atom stereocenters. The normalized spacial score (nSPS) is 28.4. The zero-order valence-electron chi connectivity index (χ0n) is 25.9. The predicted molar refractivity (Wildman–Crippen MR) is 172 cm³/mol. The Balaban J connectivity index is 1.78. The molecule has 8 nitrogen and oxygen atoms in total. The molecule has 2 bridgehead atoms. The second-order valence-electron chi connectivity index (χ2n) is 12.0. The molecule has 1 N–H and O–H groups in total. The minimum atomic E-state index is -0.803. The first-order valence-electron chi connectivity index (χ1n) is 15.4. The minimum absolute atomic E-state index is 0.0358. The Kier molecular flexibility index (Phi) is 9.82. The number of anilines is 2. The fourth-order valence-electron chi connectivity index (χ4n) is 7.53. The fourth-order valence-corrected chi connectivity index (χ4v) is 9.86. The third-order valence-electron chi connectivity index (χ3n) is 9.48. The van der Waals surface area contributed by atoms with E-state index in [4.69, 9.17) is 0 Å². The maximum Gasteiger partial charge on any atom is 0.251 e. The summed E-state index contributed by atoms with van der Waals surface area (Å²) in [5.41, 5.74) is 1.81. The van der Waals surface area contributed by atoms with E-state index in [1.165, 1.54) is 0 Å². The SMILES string of the molecule is C=CCN(CCC)C(=O)[C@H]1[C@H]2C(=O)N([C@H](C)CO)C(C(=O)N(CC=C)c3ccc(N(CC)CC)cc3)C23CC[C@]1(C)S3. The molecular weight excluding hydrogens is 548 g/mol. The number of hydrogen-bond donors (Lipinski definition) is 1. The van der Waals surface area contributed by atoms with Gasteiger partial charge < -0.3 is 24.7 Å². The number of aliphatic hydroxyl groups is 1. The standard InChI is InChI=1S/C33H48N4O4S/c1-8-19-35(20-9-2)29(39)26-27-30(40)37(23(6)22-38)28(33(27)18-17-32(26,7)42-33)31(41)36(21-10-3)25-15-13-24(14-16-25)34(11-4)12-5/h8,10,13-16,23,26-28,38H,1,3,9,11-12,17-22H2,2,4-7H3/t23-,26-,27+,28?,32+,33?/m1/s1. The van der Waals surface area contributed by atoms with Gasteiger partial charge in [0.1, 0.15) is 6.04 Å². The van der Waals surface area contributed by atoms with E-state index in [9.17, 15) is 19.5 Å². The van der Waals surface area contributed by atoms with Crippen molar-refractivity contribution in [3.8, 4) is 0 Å². The first kappa shape index (κ1) is 32.1. The summed E-state index contributed by atoms with van der Waals surface area (Å²) in [6.07, 6.45) is 5.65. The van der Waals surface area contributed by atoms with E-state index in [-0.39, 0.29) is 30.9 Å². The van der Waals surface area contributed by atoms with Crippen LogP contribution in [0.25, 0.3) is 0 Å². The number of nitrogens with zero attached hydrogens (tertiary/aromatic N) is 4. The molecular formula is C33H48N4O4S. The summed E-state index contributed by atoms with van der Waals surface area (Å²) in [5, 5.41) is 10.3. The van der Waals surface area contributed by atoms with E-state index in [1.807, 2.05) is 36.1 Å². The summed E-state index contributed by atoms with van der Waals surface area (Å²) in [6.45, 7) is 20.7. The van der Waals surface area contributed by atoms with Crippen LogP contribution in [0.15, 0.2) is 49.6 Å². The van der Waals surface area contributed by atoms with Gasteiger partial charge in [-0.1, -0.05) is 19.1 Å². The third-order valence-corrected chi connectivity index (χ3v) is 11.5. The average molecular weight is 597 g/mol. The number of carbonyl (C=O) groups is 3. The number of amides is 3. The van der Waals surface area contributed by atoms with E-state index in [0.29, 0.717) is 19.5 Å². The smallest absolute Gasteiger partial charge is 0.251 e. The van der Waals surface area contributed by atoms with E-state index >= 15 is 0 Å². The van der Waals surface area contributed by atoms with Crippen LogP contribution in [0.4, 0.5) is 11.4 Å². The van der Waals surface area contributed by atoms with Crippen LogP contribution in [0.2, 0.25) is 0 Å². The zero-order chi connectivity index (χ0) is 30.8. The molecule has 3 heterocycles. The number of fused-ring (bicyclic) bond motifs is 1. The lowest BCUT2D eigenvalue weighted by Gasteiger charge is -2.39. The molecule has 3 aliphatic rings. The lowest BCUT2D eigenvalue weighted by atomic mass is 9.66. The molecule has 3 saturated heterocycles. The van der Waals surface area contributed by atoms with Crippen molar-refractivity contribution in [1.29, 1.82) is 0 Å². The zero-order valence-corrected chi connectivity index (χ0v) is 26.7. The van der Waals surface area contributed by atoms with Crippen molar-refractivity contribution in [3.05, 3.63) is 49.6 Å². The van der Waals surface area contributed by atoms with Crippen LogP contribution in [0.1, 0.15) is 53.9 Å². The van der Waals surface area contributed by atoms with Gasteiger partial charge >= 0.3 is 0 Å². The molecule has 0 saturated carbocycles. The van der Waals surface area contributed by atoms with Crippen molar-refractivity contribution in [2.45, 2.75) is 75.5 Å². The lowest BCUT2D eigenvalue weighted by molar-refractivity contribution is -0.146. The Morgan fingerprint density at radius 3 is 2.24 bits per heavy atom. The molecule has 0 radical (unpaired) electrons. The number of rotatable bonds is 14. The van der Waals surface area contributed by atoms with Crippen molar-refractivity contribution < 1.29 is 19.5 Å². The van der Waals surface area contributed by atoms with E-state index < -0.39 is 33.4 Å².